The van der Waals surface area contributed by atoms with E-state index in [0.717, 1.165) is 11.3 Å². The molecule has 26 heavy (non-hydrogen) atoms. The molecular weight excluding hydrogens is 352 g/mol. The van der Waals surface area contributed by atoms with Crippen LogP contribution >= 0.6 is 0 Å². The third-order valence-corrected chi connectivity index (χ3v) is 5.82. The van der Waals surface area contributed by atoms with Gasteiger partial charge in [0.15, 0.2) is 9.84 Å². The van der Waals surface area contributed by atoms with Crippen LogP contribution in [0.3, 0.4) is 0 Å². The van der Waals surface area contributed by atoms with Gasteiger partial charge in [0.2, 0.25) is 0 Å². The molecule has 1 saturated carbocycles. The summed E-state index contributed by atoms with van der Waals surface area (Å²) in [7, 11) is -3.36. The van der Waals surface area contributed by atoms with Gasteiger partial charge in [0.05, 0.1) is 17.2 Å². The van der Waals surface area contributed by atoms with Gasteiger partial charge in [-0.05, 0) is 55.5 Å². The fourth-order valence-corrected chi connectivity index (χ4v) is 3.77. The first-order chi connectivity index (χ1) is 12.3. The first-order valence-electron chi connectivity index (χ1n) is 8.51. The monoisotopic (exact) mass is 372 g/mol. The summed E-state index contributed by atoms with van der Waals surface area (Å²) >= 11 is 0. The van der Waals surface area contributed by atoms with Gasteiger partial charge < -0.3 is 14.1 Å². The van der Waals surface area contributed by atoms with Crippen LogP contribution in [0.5, 0.6) is 5.75 Å². The summed E-state index contributed by atoms with van der Waals surface area (Å²) in [4.78, 5) is 15.1. The first-order valence-corrected chi connectivity index (χ1v) is 10.4. The van der Waals surface area contributed by atoms with Crippen LogP contribution in [-0.2, 0) is 9.84 Å². The van der Waals surface area contributed by atoms with Crippen LogP contribution in [0.4, 0.5) is 0 Å². The molecule has 0 amide bonds. The number of fused-ring (bicyclic) bond motifs is 1. The van der Waals surface area contributed by atoms with Crippen LogP contribution in [0.15, 0.2) is 46.3 Å². The zero-order chi connectivity index (χ0) is 18.5. The molecule has 0 aliphatic heterocycles. The Bertz CT molecular complexity index is 1150. The number of nitrogens with one attached hydrogen (secondary N) is 1. The highest BCUT2D eigenvalue weighted by Crippen LogP contribution is 2.36. The Hall–Kier alpha value is -2.54. The minimum atomic E-state index is -3.36. The number of ether oxygens (including phenoxy) is 1. The molecule has 0 spiro atoms. The lowest BCUT2D eigenvalue weighted by Crippen LogP contribution is -2.09. The Balaban J connectivity index is 1.93. The van der Waals surface area contributed by atoms with Crippen molar-refractivity contribution in [3.63, 3.8) is 0 Å². The maximum absolute atomic E-state index is 12.2. The molecule has 4 rings (SSSR count). The zero-order valence-corrected chi connectivity index (χ0v) is 15.5. The Morgan fingerprint density at radius 2 is 2.04 bits per heavy atom. The van der Waals surface area contributed by atoms with Crippen molar-refractivity contribution in [2.24, 2.45) is 5.92 Å². The number of aromatic amines is 1. The van der Waals surface area contributed by atoms with Crippen molar-refractivity contribution in [2.45, 2.75) is 24.7 Å². The summed E-state index contributed by atoms with van der Waals surface area (Å²) in [6.07, 6.45) is 6.85. The molecule has 1 fully saturated rings. The third-order valence-electron chi connectivity index (χ3n) is 4.71. The molecule has 1 aliphatic rings. The number of nitrogens with zero attached hydrogens (tertiary/aromatic N) is 1. The maximum Gasteiger partial charge on any atom is 0.272 e. The molecule has 7 heteroatoms. The van der Waals surface area contributed by atoms with Crippen LogP contribution in [0, 0.1) is 12.8 Å². The molecule has 2 heterocycles. The highest BCUT2D eigenvalue weighted by atomic mass is 32.2. The fraction of sp³-hybridized carbons (Fsp3) is 0.316. The number of rotatable bonds is 5. The lowest BCUT2D eigenvalue weighted by atomic mass is 10.1. The van der Waals surface area contributed by atoms with Crippen molar-refractivity contribution in [3.05, 3.63) is 52.6 Å². The van der Waals surface area contributed by atoms with Crippen LogP contribution < -0.4 is 10.3 Å². The number of aryl methyl sites for hydroxylation is 1. The predicted molar refractivity (Wildman–Crippen MR) is 99.5 cm³/mol. The zero-order valence-electron chi connectivity index (χ0n) is 14.7. The summed E-state index contributed by atoms with van der Waals surface area (Å²) in [5.41, 5.74) is 2.58. The van der Waals surface area contributed by atoms with E-state index in [4.69, 9.17) is 4.74 Å². The average molecular weight is 372 g/mol. The number of benzene rings is 1. The number of aromatic nitrogens is 2. The molecule has 1 aromatic carbocycles. The Morgan fingerprint density at radius 1 is 1.27 bits per heavy atom. The van der Waals surface area contributed by atoms with E-state index in [1.165, 1.54) is 19.1 Å². The van der Waals surface area contributed by atoms with Gasteiger partial charge in [0.25, 0.3) is 5.56 Å². The third kappa shape index (κ3) is 3.03. The molecular formula is C19H20N2O4S. The molecule has 136 valence electrons. The number of H-pyrrole nitrogens is 1. The normalized spacial score (nSPS) is 14.7. The van der Waals surface area contributed by atoms with Gasteiger partial charge in [-0.2, -0.15) is 0 Å². The van der Waals surface area contributed by atoms with Gasteiger partial charge in [0.1, 0.15) is 11.3 Å². The molecule has 1 aliphatic carbocycles. The molecule has 0 radical (unpaired) electrons. The van der Waals surface area contributed by atoms with Gasteiger partial charge in [-0.15, -0.1) is 0 Å². The maximum atomic E-state index is 12.2. The summed E-state index contributed by atoms with van der Waals surface area (Å²) in [6.45, 7) is 2.48. The van der Waals surface area contributed by atoms with Gasteiger partial charge in [-0.1, -0.05) is 0 Å². The Morgan fingerprint density at radius 3 is 2.73 bits per heavy atom. The van der Waals surface area contributed by atoms with E-state index < -0.39 is 9.84 Å². The molecule has 2 aromatic heterocycles. The Kier molecular flexibility index (Phi) is 3.91. The number of hydrogen-bond acceptors (Lipinski definition) is 4. The van der Waals surface area contributed by atoms with Crippen LogP contribution in [0.25, 0.3) is 16.8 Å². The quantitative estimate of drug-likeness (QED) is 0.747. The lowest BCUT2D eigenvalue weighted by Gasteiger charge is -2.13. The van der Waals surface area contributed by atoms with Crippen molar-refractivity contribution >= 4 is 15.4 Å². The smallest absolute Gasteiger partial charge is 0.272 e. The number of sulfone groups is 1. The highest BCUT2D eigenvalue weighted by Gasteiger charge is 2.24. The van der Waals surface area contributed by atoms with Crippen LogP contribution in [-0.4, -0.2) is 30.7 Å². The topological polar surface area (TPSA) is 80.6 Å². The predicted octanol–water partition coefficient (Wildman–Crippen LogP) is 2.80. The SMILES string of the molecule is Cc1cc(-c2cc(S(C)(=O)=O)ccc2OCC2CC2)n2cc[nH]c(=O)c12. The van der Waals surface area contributed by atoms with E-state index >= 15 is 0 Å². The van der Waals surface area contributed by atoms with Crippen molar-refractivity contribution in [1.82, 2.24) is 9.38 Å². The minimum Gasteiger partial charge on any atom is -0.493 e. The van der Waals surface area contributed by atoms with E-state index in [-0.39, 0.29) is 10.5 Å². The van der Waals surface area contributed by atoms with Gasteiger partial charge in [-0.25, -0.2) is 8.42 Å². The van der Waals surface area contributed by atoms with Gasteiger partial charge >= 0.3 is 0 Å². The van der Waals surface area contributed by atoms with Crippen molar-refractivity contribution in [3.8, 4) is 17.0 Å². The second-order valence-corrected chi connectivity index (χ2v) is 8.92. The summed E-state index contributed by atoms with van der Waals surface area (Å²) in [5, 5.41) is 0. The molecule has 1 N–H and O–H groups in total. The molecule has 6 nitrogen and oxygen atoms in total. The average Bonchev–Trinajstić information content (AvgIpc) is 3.35. The summed E-state index contributed by atoms with van der Waals surface area (Å²) < 4.78 is 31.8. The molecule has 3 aromatic rings. The molecule has 0 atom stereocenters. The summed E-state index contributed by atoms with van der Waals surface area (Å²) in [6, 6.07) is 6.78. The number of hydrogen-bond donors (Lipinski definition) is 1. The minimum absolute atomic E-state index is 0.184. The largest absolute Gasteiger partial charge is 0.493 e. The van der Waals surface area contributed by atoms with Crippen LogP contribution in [0.1, 0.15) is 18.4 Å². The summed E-state index contributed by atoms with van der Waals surface area (Å²) in [5.74, 6) is 1.20. The second kappa shape index (κ2) is 6.02. The standard InChI is InChI=1S/C19H20N2O4S/c1-12-9-16(21-8-7-20-19(22)18(12)21)15-10-14(26(2,23)24)5-6-17(15)25-11-13-3-4-13/h5-10,13H,3-4,11H2,1-2H3,(H,20,22). The first kappa shape index (κ1) is 16.9. The van der Waals surface area contributed by atoms with E-state index in [1.54, 1.807) is 35.0 Å². The molecule has 0 saturated heterocycles. The van der Waals surface area contributed by atoms with Crippen molar-refractivity contribution in [1.29, 1.82) is 0 Å². The van der Waals surface area contributed by atoms with Gasteiger partial charge in [0, 0.05) is 24.2 Å². The second-order valence-electron chi connectivity index (χ2n) is 6.90. The van der Waals surface area contributed by atoms with E-state index in [2.05, 4.69) is 4.98 Å². The van der Waals surface area contributed by atoms with E-state index in [1.807, 2.05) is 13.0 Å². The van der Waals surface area contributed by atoms with Crippen molar-refractivity contribution < 1.29 is 13.2 Å². The molecule has 0 bridgehead atoms. The molecule has 0 unspecified atom stereocenters. The fourth-order valence-electron chi connectivity index (χ4n) is 3.12. The van der Waals surface area contributed by atoms with Crippen molar-refractivity contribution in [2.75, 3.05) is 12.9 Å². The van der Waals surface area contributed by atoms with E-state index in [9.17, 15) is 13.2 Å². The Labute approximate surface area is 151 Å². The highest BCUT2D eigenvalue weighted by molar-refractivity contribution is 7.90. The van der Waals surface area contributed by atoms with Gasteiger partial charge in [-0.3, -0.25) is 4.79 Å². The van der Waals surface area contributed by atoms with Crippen LogP contribution in [0.2, 0.25) is 0 Å². The van der Waals surface area contributed by atoms with E-state index in [0.29, 0.717) is 29.4 Å². The lowest BCUT2D eigenvalue weighted by molar-refractivity contribution is 0.300.